The Bertz CT molecular complexity index is 609. The van der Waals surface area contributed by atoms with Crippen molar-refractivity contribution in [2.24, 2.45) is 5.92 Å². The zero-order valence-corrected chi connectivity index (χ0v) is 15.1. The molecule has 0 aromatic heterocycles. The molecule has 0 bridgehead atoms. The lowest BCUT2D eigenvalue weighted by atomic mass is 9.94. The number of benzene rings is 1. The number of hydrogen-bond donors (Lipinski definition) is 0. The van der Waals surface area contributed by atoms with E-state index >= 15 is 0 Å². The third-order valence-corrected chi connectivity index (χ3v) is 5.22. The molecule has 0 aliphatic carbocycles. The molecule has 0 radical (unpaired) electrons. The van der Waals surface area contributed by atoms with Crippen molar-refractivity contribution in [2.75, 3.05) is 32.8 Å². The Morgan fingerprint density at radius 1 is 1.16 bits per heavy atom. The average Bonchev–Trinajstić information content (AvgIpc) is 2.64. The highest BCUT2D eigenvalue weighted by Gasteiger charge is 2.28. The topological polar surface area (TPSA) is 49.9 Å². The van der Waals surface area contributed by atoms with Crippen molar-refractivity contribution in [3.8, 4) is 5.75 Å². The summed E-state index contributed by atoms with van der Waals surface area (Å²) in [5.41, 5.74) is 0.647. The molecule has 136 valence electrons. The summed E-state index contributed by atoms with van der Waals surface area (Å²) in [6.07, 6.45) is 4.78. The van der Waals surface area contributed by atoms with Crippen LogP contribution in [0.2, 0.25) is 0 Å². The van der Waals surface area contributed by atoms with Crippen LogP contribution in [-0.2, 0) is 4.79 Å². The van der Waals surface area contributed by atoms with Crippen LogP contribution in [0.25, 0.3) is 0 Å². The van der Waals surface area contributed by atoms with E-state index in [4.69, 9.17) is 4.74 Å². The van der Waals surface area contributed by atoms with E-state index in [-0.39, 0.29) is 5.91 Å². The molecule has 25 heavy (non-hydrogen) atoms. The number of likely N-dealkylation sites (tertiary alicyclic amines) is 2. The normalized spacial score (nSPS) is 19.2. The minimum Gasteiger partial charge on any atom is -0.493 e. The Balaban J connectivity index is 1.55. The molecule has 0 saturated carbocycles. The van der Waals surface area contributed by atoms with Crippen molar-refractivity contribution in [1.29, 1.82) is 0 Å². The molecule has 2 amide bonds. The van der Waals surface area contributed by atoms with E-state index in [1.165, 1.54) is 0 Å². The van der Waals surface area contributed by atoms with Gasteiger partial charge in [-0.25, -0.2) is 0 Å². The molecule has 2 fully saturated rings. The first-order chi connectivity index (χ1) is 12.2. The maximum atomic E-state index is 12.8. The van der Waals surface area contributed by atoms with Gasteiger partial charge in [0.25, 0.3) is 5.91 Å². The van der Waals surface area contributed by atoms with Gasteiger partial charge in [-0.3, -0.25) is 9.59 Å². The highest BCUT2D eigenvalue weighted by Crippen LogP contribution is 2.25. The molecule has 0 atom stereocenters. The number of carbonyl (C=O) groups is 2. The summed E-state index contributed by atoms with van der Waals surface area (Å²) < 4.78 is 5.59. The predicted octanol–water partition coefficient (Wildman–Crippen LogP) is 2.95. The quantitative estimate of drug-likeness (QED) is 0.825. The van der Waals surface area contributed by atoms with E-state index < -0.39 is 0 Å². The molecule has 0 spiro atoms. The summed E-state index contributed by atoms with van der Waals surface area (Å²) in [5, 5.41) is 0. The van der Waals surface area contributed by atoms with Crippen LogP contribution < -0.4 is 4.74 Å². The molecular formula is C20H28N2O3. The van der Waals surface area contributed by atoms with E-state index in [1.807, 2.05) is 41.0 Å². The summed E-state index contributed by atoms with van der Waals surface area (Å²) >= 11 is 0. The van der Waals surface area contributed by atoms with Crippen LogP contribution >= 0.6 is 0 Å². The second-order valence-corrected chi connectivity index (χ2v) is 6.96. The number of nitrogens with zero attached hydrogens (tertiary/aromatic N) is 2. The van der Waals surface area contributed by atoms with Gasteiger partial charge in [0.15, 0.2) is 0 Å². The van der Waals surface area contributed by atoms with E-state index in [1.54, 1.807) is 0 Å². The van der Waals surface area contributed by atoms with Crippen LogP contribution in [0, 0.1) is 5.92 Å². The van der Waals surface area contributed by atoms with Crippen LogP contribution in [0.5, 0.6) is 5.75 Å². The van der Waals surface area contributed by atoms with E-state index in [0.29, 0.717) is 36.2 Å². The van der Waals surface area contributed by atoms with Crippen LogP contribution in [0.15, 0.2) is 24.3 Å². The second kappa shape index (κ2) is 8.37. The van der Waals surface area contributed by atoms with Crippen molar-refractivity contribution in [2.45, 2.75) is 39.0 Å². The average molecular weight is 344 g/mol. The van der Waals surface area contributed by atoms with Gasteiger partial charge in [0.1, 0.15) is 5.75 Å². The molecule has 3 rings (SSSR count). The minimum absolute atomic E-state index is 0.0524. The standard InChI is InChI=1S/C20H28N2O3/c1-2-25-18-8-4-3-7-17(18)20(24)21-13-10-16(11-14-21)15-22-12-6-5-9-19(22)23/h3-4,7-8,16H,2,5-6,9-15H2,1H3. The van der Waals surface area contributed by atoms with Gasteiger partial charge in [0.05, 0.1) is 12.2 Å². The maximum absolute atomic E-state index is 12.8. The van der Waals surface area contributed by atoms with Crippen molar-refractivity contribution in [1.82, 2.24) is 9.80 Å². The second-order valence-electron chi connectivity index (χ2n) is 6.96. The fraction of sp³-hybridized carbons (Fsp3) is 0.600. The zero-order valence-electron chi connectivity index (χ0n) is 15.1. The molecular weight excluding hydrogens is 316 g/mol. The predicted molar refractivity (Wildman–Crippen MR) is 96.7 cm³/mol. The van der Waals surface area contributed by atoms with Crippen molar-refractivity contribution < 1.29 is 14.3 Å². The molecule has 5 heteroatoms. The van der Waals surface area contributed by atoms with Gasteiger partial charge in [-0.1, -0.05) is 12.1 Å². The molecule has 0 N–H and O–H groups in total. The van der Waals surface area contributed by atoms with Crippen LogP contribution in [0.3, 0.4) is 0 Å². The number of rotatable bonds is 5. The largest absolute Gasteiger partial charge is 0.493 e. The highest BCUT2D eigenvalue weighted by atomic mass is 16.5. The zero-order chi connectivity index (χ0) is 17.6. The molecule has 2 aliphatic rings. The van der Waals surface area contributed by atoms with Crippen LogP contribution in [0.4, 0.5) is 0 Å². The number of ether oxygens (including phenoxy) is 1. The third-order valence-electron chi connectivity index (χ3n) is 5.22. The summed E-state index contributed by atoms with van der Waals surface area (Å²) in [7, 11) is 0. The maximum Gasteiger partial charge on any atom is 0.257 e. The monoisotopic (exact) mass is 344 g/mol. The first-order valence-electron chi connectivity index (χ1n) is 9.48. The van der Waals surface area contributed by atoms with Gasteiger partial charge in [0.2, 0.25) is 5.91 Å². The fourth-order valence-corrected chi connectivity index (χ4v) is 3.78. The SMILES string of the molecule is CCOc1ccccc1C(=O)N1CCC(CN2CCCCC2=O)CC1. The van der Waals surface area contributed by atoms with Crippen molar-refractivity contribution in [3.63, 3.8) is 0 Å². The van der Waals surface area contributed by atoms with E-state index in [9.17, 15) is 9.59 Å². The Morgan fingerprint density at radius 3 is 2.64 bits per heavy atom. The molecule has 0 unspecified atom stereocenters. The molecule has 2 aliphatic heterocycles. The number of hydrogen-bond acceptors (Lipinski definition) is 3. The lowest BCUT2D eigenvalue weighted by molar-refractivity contribution is -0.134. The Labute approximate surface area is 149 Å². The molecule has 5 nitrogen and oxygen atoms in total. The molecule has 2 saturated heterocycles. The van der Waals surface area contributed by atoms with E-state index in [0.717, 1.165) is 51.9 Å². The summed E-state index contributed by atoms with van der Waals surface area (Å²) in [6.45, 7) is 5.75. The lowest BCUT2D eigenvalue weighted by Crippen LogP contribution is -2.44. The lowest BCUT2D eigenvalue weighted by Gasteiger charge is -2.36. The summed E-state index contributed by atoms with van der Waals surface area (Å²) in [4.78, 5) is 28.7. The van der Waals surface area contributed by atoms with Gasteiger partial charge in [-0.05, 0) is 50.7 Å². The first kappa shape index (κ1) is 17.8. The molecule has 1 aromatic rings. The number of carbonyl (C=O) groups excluding carboxylic acids is 2. The summed E-state index contributed by atoms with van der Waals surface area (Å²) in [5.74, 6) is 1.52. The van der Waals surface area contributed by atoms with Gasteiger partial charge < -0.3 is 14.5 Å². The van der Waals surface area contributed by atoms with Crippen LogP contribution in [-0.4, -0.2) is 54.4 Å². The Kier molecular flexibility index (Phi) is 5.95. The Morgan fingerprint density at radius 2 is 1.92 bits per heavy atom. The van der Waals surface area contributed by atoms with Crippen molar-refractivity contribution >= 4 is 11.8 Å². The molecule has 2 heterocycles. The number of para-hydroxylation sites is 1. The fourth-order valence-electron chi connectivity index (χ4n) is 3.78. The first-order valence-corrected chi connectivity index (χ1v) is 9.48. The number of piperidine rings is 2. The van der Waals surface area contributed by atoms with E-state index in [2.05, 4.69) is 0 Å². The smallest absolute Gasteiger partial charge is 0.257 e. The Hall–Kier alpha value is -2.04. The van der Waals surface area contributed by atoms with Crippen molar-refractivity contribution in [3.05, 3.63) is 29.8 Å². The van der Waals surface area contributed by atoms with Crippen LogP contribution in [0.1, 0.15) is 49.4 Å². The van der Waals surface area contributed by atoms with Gasteiger partial charge >= 0.3 is 0 Å². The minimum atomic E-state index is 0.0524. The van der Waals surface area contributed by atoms with Gasteiger partial charge in [-0.15, -0.1) is 0 Å². The van der Waals surface area contributed by atoms with Gasteiger partial charge in [-0.2, -0.15) is 0 Å². The third kappa shape index (κ3) is 4.33. The number of amides is 2. The molecule has 1 aromatic carbocycles. The summed E-state index contributed by atoms with van der Waals surface area (Å²) in [6, 6.07) is 7.46. The van der Waals surface area contributed by atoms with Gasteiger partial charge in [0, 0.05) is 32.6 Å². The highest BCUT2D eigenvalue weighted by molar-refractivity contribution is 5.97.